The SMILES string of the molecule is COc1ccccc1NC(=O)N(C)C(C)CO. The molecule has 1 rings (SSSR count). The van der Waals surface area contributed by atoms with Gasteiger partial charge in [0.15, 0.2) is 0 Å². The Kier molecular flexibility index (Phi) is 4.78. The number of nitrogens with zero attached hydrogens (tertiary/aromatic N) is 1. The van der Waals surface area contributed by atoms with Gasteiger partial charge >= 0.3 is 6.03 Å². The molecule has 1 aromatic rings. The Labute approximate surface area is 101 Å². The Morgan fingerprint density at radius 1 is 1.53 bits per heavy atom. The monoisotopic (exact) mass is 238 g/mol. The Morgan fingerprint density at radius 2 is 2.18 bits per heavy atom. The fourth-order valence-electron chi connectivity index (χ4n) is 1.27. The summed E-state index contributed by atoms with van der Waals surface area (Å²) >= 11 is 0. The van der Waals surface area contributed by atoms with Crippen LogP contribution in [0.25, 0.3) is 0 Å². The van der Waals surface area contributed by atoms with Crippen molar-refractivity contribution in [2.75, 3.05) is 26.1 Å². The lowest BCUT2D eigenvalue weighted by Crippen LogP contribution is -2.40. The van der Waals surface area contributed by atoms with Crippen LogP contribution in [-0.4, -0.2) is 42.8 Å². The van der Waals surface area contributed by atoms with E-state index in [1.165, 1.54) is 4.90 Å². The Bertz CT molecular complexity index is 382. The van der Waals surface area contributed by atoms with Crippen molar-refractivity contribution in [3.63, 3.8) is 0 Å². The highest BCUT2D eigenvalue weighted by Gasteiger charge is 2.15. The summed E-state index contributed by atoms with van der Waals surface area (Å²) in [5.41, 5.74) is 0.608. The van der Waals surface area contributed by atoms with Gasteiger partial charge in [0.05, 0.1) is 25.4 Å². The normalized spacial score (nSPS) is 11.8. The third-order valence-electron chi connectivity index (χ3n) is 2.59. The molecule has 17 heavy (non-hydrogen) atoms. The zero-order valence-electron chi connectivity index (χ0n) is 10.3. The number of rotatable bonds is 4. The average Bonchev–Trinajstić information content (AvgIpc) is 2.37. The number of carbonyl (C=O) groups excluding carboxylic acids is 1. The molecule has 1 atom stereocenters. The minimum absolute atomic E-state index is 0.0736. The average molecular weight is 238 g/mol. The number of likely N-dealkylation sites (N-methyl/N-ethyl adjacent to an activating group) is 1. The van der Waals surface area contributed by atoms with Crippen molar-refractivity contribution in [2.24, 2.45) is 0 Å². The van der Waals surface area contributed by atoms with Crippen molar-refractivity contribution in [1.29, 1.82) is 0 Å². The highest BCUT2D eigenvalue weighted by atomic mass is 16.5. The van der Waals surface area contributed by atoms with Crippen LogP contribution in [0.2, 0.25) is 0 Å². The maximum Gasteiger partial charge on any atom is 0.322 e. The predicted octanol–water partition coefficient (Wildman–Crippen LogP) is 1.54. The number of anilines is 1. The molecule has 0 heterocycles. The molecule has 0 bridgehead atoms. The van der Waals surface area contributed by atoms with Crippen LogP contribution in [-0.2, 0) is 0 Å². The number of benzene rings is 1. The maximum atomic E-state index is 11.8. The van der Waals surface area contributed by atoms with Gasteiger partial charge in [-0.15, -0.1) is 0 Å². The Balaban J connectivity index is 2.74. The number of aliphatic hydroxyl groups is 1. The summed E-state index contributed by atoms with van der Waals surface area (Å²) in [6.45, 7) is 1.69. The van der Waals surface area contributed by atoms with E-state index in [-0.39, 0.29) is 18.7 Å². The van der Waals surface area contributed by atoms with Crippen molar-refractivity contribution >= 4 is 11.7 Å². The standard InChI is InChI=1S/C12H18N2O3/c1-9(8-15)14(2)12(16)13-10-6-4-5-7-11(10)17-3/h4-7,9,15H,8H2,1-3H3,(H,13,16). The minimum Gasteiger partial charge on any atom is -0.495 e. The summed E-state index contributed by atoms with van der Waals surface area (Å²) in [6.07, 6.45) is 0. The largest absolute Gasteiger partial charge is 0.495 e. The van der Waals surface area contributed by atoms with E-state index in [1.807, 2.05) is 12.1 Å². The number of urea groups is 1. The molecule has 2 amide bonds. The summed E-state index contributed by atoms with van der Waals surface area (Å²) in [7, 11) is 3.18. The second kappa shape index (κ2) is 6.10. The van der Waals surface area contributed by atoms with Crippen molar-refractivity contribution < 1.29 is 14.6 Å². The first-order valence-electron chi connectivity index (χ1n) is 5.37. The summed E-state index contributed by atoms with van der Waals surface area (Å²) in [4.78, 5) is 13.3. The van der Waals surface area contributed by atoms with Gasteiger partial charge in [-0.05, 0) is 19.1 Å². The van der Waals surface area contributed by atoms with E-state index in [0.29, 0.717) is 11.4 Å². The first kappa shape index (κ1) is 13.3. The minimum atomic E-state index is -0.281. The Morgan fingerprint density at radius 3 is 2.76 bits per heavy atom. The molecule has 1 aromatic carbocycles. The molecule has 5 heteroatoms. The third-order valence-corrected chi connectivity index (χ3v) is 2.59. The summed E-state index contributed by atoms with van der Waals surface area (Å²) < 4.78 is 5.13. The van der Waals surface area contributed by atoms with Gasteiger partial charge in [-0.2, -0.15) is 0 Å². The molecule has 0 saturated heterocycles. The van der Waals surface area contributed by atoms with E-state index >= 15 is 0 Å². The lowest BCUT2D eigenvalue weighted by atomic mass is 10.3. The number of hydrogen-bond acceptors (Lipinski definition) is 3. The smallest absolute Gasteiger partial charge is 0.322 e. The quantitative estimate of drug-likeness (QED) is 0.836. The van der Waals surface area contributed by atoms with Crippen LogP contribution in [0, 0.1) is 0 Å². The van der Waals surface area contributed by atoms with Crippen molar-refractivity contribution in [1.82, 2.24) is 4.90 Å². The number of nitrogens with one attached hydrogen (secondary N) is 1. The van der Waals surface area contributed by atoms with Crippen LogP contribution < -0.4 is 10.1 Å². The van der Waals surface area contributed by atoms with Crippen LogP contribution in [0.5, 0.6) is 5.75 Å². The molecule has 0 aliphatic rings. The number of methoxy groups -OCH3 is 1. The molecular formula is C12H18N2O3. The molecule has 0 radical (unpaired) electrons. The number of hydrogen-bond donors (Lipinski definition) is 2. The van der Waals surface area contributed by atoms with Crippen molar-refractivity contribution in [3.8, 4) is 5.75 Å². The van der Waals surface area contributed by atoms with Crippen molar-refractivity contribution in [3.05, 3.63) is 24.3 Å². The van der Waals surface area contributed by atoms with Gasteiger partial charge in [0.25, 0.3) is 0 Å². The number of amides is 2. The number of ether oxygens (including phenoxy) is 1. The van der Waals surface area contributed by atoms with Gasteiger partial charge in [0.2, 0.25) is 0 Å². The van der Waals surface area contributed by atoms with Gasteiger partial charge in [0, 0.05) is 7.05 Å². The fourth-order valence-corrected chi connectivity index (χ4v) is 1.27. The first-order valence-corrected chi connectivity index (χ1v) is 5.37. The predicted molar refractivity (Wildman–Crippen MR) is 66.3 cm³/mol. The number of carbonyl (C=O) groups is 1. The highest BCUT2D eigenvalue weighted by Crippen LogP contribution is 2.23. The van der Waals surface area contributed by atoms with Crippen LogP contribution in [0.4, 0.5) is 10.5 Å². The summed E-state index contributed by atoms with van der Waals surface area (Å²) in [5, 5.41) is 11.7. The molecule has 0 spiro atoms. The topological polar surface area (TPSA) is 61.8 Å². The van der Waals surface area contributed by atoms with Gasteiger partial charge in [-0.3, -0.25) is 0 Å². The highest BCUT2D eigenvalue weighted by molar-refractivity contribution is 5.90. The molecule has 2 N–H and O–H groups in total. The zero-order chi connectivity index (χ0) is 12.8. The number of para-hydroxylation sites is 2. The lowest BCUT2D eigenvalue weighted by molar-refractivity contribution is 0.166. The molecule has 0 fully saturated rings. The number of aliphatic hydroxyl groups excluding tert-OH is 1. The van der Waals surface area contributed by atoms with E-state index in [1.54, 1.807) is 33.2 Å². The van der Waals surface area contributed by atoms with E-state index in [0.717, 1.165) is 0 Å². The molecule has 5 nitrogen and oxygen atoms in total. The van der Waals surface area contributed by atoms with Crippen LogP contribution in [0.15, 0.2) is 24.3 Å². The van der Waals surface area contributed by atoms with E-state index < -0.39 is 0 Å². The van der Waals surface area contributed by atoms with Crippen molar-refractivity contribution in [2.45, 2.75) is 13.0 Å². The second-order valence-corrected chi connectivity index (χ2v) is 3.77. The lowest BCUT2D eigenvalue weighted by Gasteiger charge is -2.23. The third kappa shape index (κ3) is 3.35. The van der Waals surface area contributed by atoms with Crippen LogP contribution in [0.1, 0.15) is 6.92 Å². The molecule has 0 saturated carbocycles. The van der Waals surface area contributed by atoms with E-state index in [2.05, 4.69) is 5.32 Å². The molecule has 1 unspecified atom stereocenters. The van der Waals surface area contributed by atoms with E-state index in [4.69, 9.17) is 9.84 Å². The summed E-state index contributed by atoms with van der Waals surface area (Å²) in [5.74, 6) is 0.603. The second-order valence-electron chi connectivity index (χ2n) is 3.77. The van der Waals surface area contributed by atoms with Crippen LogP contribution >= 0.6 is 0 Å². The van der Waals surface area contributed by atoms with Gasteiger partial charge in [-0.25, -0.2) is 4.79 Å². The van der Waals surface area contributed by atoms with E-state index in [9.17, 15) is 4.79 Å². The molecule has 94 valence electrons. The van der Waals surface area contributed by atoms with Gasteiger partial charge < -0.3 is 20.1 Å². The molecule has 0 aliphatic carbocycles. The van der Waals surface area contributed by atoms with Gasteiger partial charge in [-0.1, -0.05) is 12.1 Å². The molecule has 0 aromatic heterocycles. The zero-order valence-corrected chi connectivity index (χ0v) is 10.3. The van der Waals surface area contributed by atoms with Crippen LogP contribution in [0.3, 0.4) is 0 Å². The maximum absolute atomic E-state index is 11.8. The molecular weight excluding hydrogens is 220 g/mol. The Hall–Kier alpha value is -1.75. The summed E-state index contributed by atoms with van der Waals surface area (Å²) in [6, 6.07) is 6.65. The fraction of sp³-hybridized carbons (Fsp3) is 0.417. The molecule has 0 aliphatic heterocycles. The first-order chi connectivity index (χ1) is 8.10. The van der Waals surface area contributed by atoms with Gasteiger partial charge in [0.1, 0.15) is 5.75 Å².